The van der Waals surface area contributed by atoms with Crippen LogP contribution < -0.4 is 4.74 Å². The minimum absolute atomic E-state index is 0.554. The Morgan fingerprint density at radius 2 is 2.23 bits per heavy atom. The summed E-state index contributed by atoms with van der Waals surface area (Å²) in [5.74, 6) is 1.34. The minimum Gasteiger partial charge on any atom is -0.492 e. The molecule has 0 bridgehead atoms. The van der Waals surface area contributed by atoms with E-state index in [-0.39, 0.29) is 0 Å². The number of hydrogen-bond donors (Lipinski definition) is 0. The lowest BCUT2D eigenvalue weighted by Crippen LogP contribution is -2.37. The van der Waals surface area contributed by atoms with Crippen LogP contribution in [-0.4, -0.2) is 34.1 Å². The van der Waals surface area contributed by atoms with Crippen molar-refractivity contribution in [2.75, 3.05) is 19.7 Å². The van der Waals surface area contributed by atoms with Gasteiger partial charge in [0.2, 0.25) is 0 Å². The lowest BCUT2D eigenvalue weighted by molar-refractivity contribution is 0.123. The van der Waals surface area contributed by atoms with Crippen LogP contribution in [0, 0.1) is 5.92 Å². The molecule has 1 aliphatic rings. The highest BCUT2D eigenvalue weighted by atomic mass is 35.5. The first-order chi connectivity index (χ1) is 10.7. The Morgan fingerprint density at radius 3 is 3.00 bits per heavy atom. The lowest BCUT2D eigenvalue weighted by atomic mass is 9.99. The van der Waals surface area contributed by atoms with Gasteiger partial charge in [-0.25, -0.2) is 4.98 Å². The van der Waals surface area contributed by atoms with Gasteiger partial charge >= 0.3 is 0 Å². The molecule has 0 amide bonds. The van der Waals surface area contributed by atoms with E-state index in [9.17, 15) is 0 Å². The average Bonchev–Trinajstić information content (AvgIpc) is 2.92. The van der Waals surface area contributed by atoms with Gasteiger partial charge in [0.25, 0.3) is 0 Å². The number of ether oxygens (including phenoxy) is 1. The summed E-state index contributed by atoms with van der Waals surface area (Å²) in [6.45, 7) is 3.90. The fraction of sp³-hybridized carbons (Fsp3) is 0.471. The van der Waals surface area contributed by atoms with Gasteiger partial charge < -0.3 is 9.30 Å². The molecule has 1 aromatic heterocycles. The Hall–Kier alpha value is -1.52. The molecular weight excluding hydrogens is 298 g/mol. The van der Waals surface area contributed by atoms with E-state index in [0.29, 0.717) is 10.9 Å². The zero-order valence-corrected chi connectivity index (χ0v) is 13.7. The second-order valence-electron chi connectivity index (χ2n) is 5.98. The largest absolute Gasteiger partial charge is 0.492 e. The Labute approximate surface area is 136 Å². The van der Waals surface area contributed by atoms with Gasteiger partial charge in [0.05, 0.1) is 23.7 Å². The van der Waals surface area contributed by atoms with Crippen molar-refractivity contribution < 1.29 is 4.74 Å². The van der Waals surface area contributed by atoms with Crippen LogP contribution in [0.1, 0.15) is 18.5 Å². The van der Waals surface area contributed by atoms with Crippen molar-refractivity contribution in [2.24, 2.45) is 13.0 Å². The fourth-order valence-corrected chi connectivity index (χ4v) is 3.16. The van der Waals surface area contributed by atoms with Gasteiger partial charge in [0.1, 0.15) is 5.75 Å². The highest BCUT2D eigenvalue weighted by Crippen LogP contribution is 2.25. The number of para-hydroxylation sites is 1. The van der Waals surface area contributed by atoms with E-state index in [1.165, 1.54) is 18.5 Å². The van der Waals surface area contributed by atoms with Crippen molar-refractivity contribution >= 4 is 11.6 Å². The number of aryl methyl sites for hydroxylation is 1. The third-order valence-electron chi connectivity index (χ3n) is 4.22. The molecule has 0 unspecified atom stereocenters. The molecule has 1 atom stereocenters. The predicted octanol–water partition coefficient (Wildman–Crippen LogP) is 3.36. The van der Waals surface area contributed by atoms with Crippen molar-refractivity contribution in [3.05, 3.63) is 47.5 Å². The van der Waals surface area contributed by atoms with Crippen molar-refractivity contribution in [3.8, 4) is 5.75 Å². The third-order valence-corrected chi connectivity index (χ3v) is 4.53. The number of nitrogens with zero attached hydrogens (tertiary/aromatic N) is 3. The van der Waals surface area contributed by atoms with Gasteiger partial charge in [-0.2, -0.15) is 0 Å². The van der Waals surface area contributed by atoms with Gasteiger partial charge in [-0.15, -0.1) is 0 Å². The number of piperidine rings is 1. The van der Waals surface area contributed by atoms with Crippen LogP contribution in [0.4, 0.5) is 0 Å². The van der Waals surface area contributed by atoms with Crippen molar-refractivity contribution in [1.29, 1.82) is 0 Å². The zero-order chi connectivity index (χ0) is 15.4. The fourth-order valence-electron chi connectivity index (χ4n) is 2.97. The summed E-state index contributed by atoms with van der Waals surface area (Å²) in [6.07, 6.45) is 6.24. The van der Waals surface area contributed by atoms with Crippen molar-refractivity contribution in [1.82, 2.24) is 14.5 Å². The number of benzene rings is 1. The lowest BCUT2D eigenvalue weighted by Gasteiger charge is -2.32. The maximum atomic E-state index is 6.14. The quantitative estimate of drug-likeness (QED) is 0.846. The van der Waals surface area contributed by atoms with Crippen molar-refractivity contribution in [2.45, 2.75) is 19.4 Å². The van der Waals surface area contributed by atoms with E-state index in [4.69, 9.17) is 16.3 Å². The molecule has 3 rings (SSSR count). The summed E-state index contributed by atoms with van der Waals surface area (Å²) in [4.78, 5) is 6.68. The summed E-state index contributed by atoms with van der Waals surface area (Å²) in [6, 6.07) is 7.67. The molecule has 0 N–H and O–H groups in total. The highest BCUT2D eigenvalue weighted by molar-refractivity contribution is 6.32. The third kappa shape index (κ3) is 3.81. The van der Waals surface area contributed by atoms with Crippen molar-refractivity contribution in [3.63, 3.8) is 0 Å². The van der Waals surface area contributed by atoms with Gasteiger partial charge in [-0.05, 0) is 31.5 Å². The van der Waals surface area contributed by atoms with Gasteiger partial charge in [-0.3, -0.25) is 4.90 Å². The molecule has 0 aliphatic carbocycles. The molecule has 0 spiro atoms. The number of hydrogen-bond acceptors (Lipinski definition) is 3. The number of aromatic nitrogens is 2. The van der Waals surface area contributed by atoms with Crippen LogP contribution in [0.2, 0.25) is 5.02 Å². The summed E-state index contributed by atoms with van der Waals surface area (Å²) < 4.78 is 7.99. The molecule has 1 aromatic carbocycles. The van der Waals surface area contributed by atoms with E-state index < -0.39 is 0 Å². The summed E-state index contributed by atoms with van der Waals surface area (Å²) >= 11 is 6.14. The first kappa shape index (κ1) is 15.4. The SMILES string of the molecule is Cn1cncc1CN1CCC[C@@H](COc2ccccc2Cl)C1. The van der Waals surface area contributed by atoms with Crippen LogP contribution >= 0.6 is 11.6 Å². The molecule has 0 saturated carbocycles. The van der Waals surface area contributed by atoms with E-state index >= 15 is 0 Å². The molecule has 0 radical (unpaired) electrons. The molecule has 1 aliphatic heterocycles. The summed E-state index contributed by atoms with van der Waals surface area (Å²) in [5.41, 5.74) is 1.26. The second-order valence-corrected chi connectivity index (χ2v) is 6.39. The van der Waals surface area contributed by atoms with E-state index in [1.807, 2.05) is 43.8 Å². The number of rotatable bonds is 5. The van der Waals surface area contributed by atoms with E-state index in [2.05, 4.69) is 14.5 Å². The van der Waals surface area contributed by atoms with Crippen LogP contribution in [-0.2, 0) is 13.6 Å². The first-order valence-electron chi connectivity index (χ1n) is 7.77. The maximum Gasteiger partial charge on any atom is 0.137 e. The number of halogens is 1. The Bertz CT molecular complexity index is 613. The topological polar surface area (TPSA) is 30.3 Å². The number of likely N-dealkylation sites (tertiary alicyclic amines) is 1. The highest BCUT2D eigenvalue weighted by Gasteiger charge is 2.21. The van der Waals surface area contributed by atoms with Crippen LogP contribution in [0.3, 0.4) is 0 Å². The Morgan fingerprint density at radius 1 is 1.36 bits per heavy atom. The van der Waals surface area contributed by atoms with Gasteiger partial charge in [-0.1, -0.05) is 23.7 Å². The normalized spacial score (nSPS) is 19.3. The van der Waals surface area contributed by atoms with E-state index in [1.54, 1.807) is 0 Å². The molecule has 118 valence electrons. The summed E-state index contributed by atoms with van der Waals surface area (Å²) in [7, 11) is 2.05. The molecule has 4 nitrogen and oxygen atoms in total. The second kappa shape index (κ2) is 7.16. The molecule has 1 saturated heterocycles. The number of imidazole rings is 1. The summed E-state index contributed by atoms with van der Waals surface area (Å²) in [5, 5.41) is 0.685. The zero-order valence-electron chi connectivity index (χ0n) is 12.9. The molecular formula is C17H22ClN3O. The Kier molecular flexibility index (Phi) is 5.01. The minimum atomic E-state index is 0.554. The molecule has 2 heterocycles. The van der Waals surface area contributed by atoms with Gasteiger partial charge in [0, 0.05) is 32.3 Å². The first-order valence-corrected chi connectivity index (χ1v) is 8.15. The smallest absolute Gasteiger partial charge is 0.137 e. The Balaban J connectivity index is 1.52. The van der Waals surface area contributed by atoms with E-state index in [0.717, 1.165) is 32.0 Å². The maximum absolute atomic E-state index is 6.14. The monoisotopic (exact) mass is 319 g/mol. The molecule has 22 heavy (non-hydrogen) atoms. The van der Waals surface area contributed by atoms with Gasteiger partial charge in [0.15, 0.2) is 0 Å². The standard InChI is InChI=1S/C17H22ClN3O/c1-20-13-19-9-15(20)11-21-8-4-5-14(10-21)12-22-17-7-3-2-6-16(17)18/h2-3,6-7,9,13-14H,4-5,8,10-12H2,1H3/t14-/m1/s1. The molecule has 5 heteroatoms. The molecule has 2 aromatic rings. The predicted molar refractivity (Wildman–Crippen MR) is 88.2 cm³/mol. The van der Waals surface area contributed by atoms with Crippen LogP contribution in [0.5, 0.6) is 5.75 Å². The van der Waals surface area contributed by atoms with Crippen LogP contribution in [0.25, 0.3) is 0 Å². The average molecular weight is 320 g/mol. The van der Waals surface area contributed by atoms with Crippen LogP contribution in [0.15, 0.2) is 36.8 Å². The molecule has 1 fully saturated rings.